The van der Waals surface area contributed by atoms with Crippen molar-refractivity contribution in [3.8, 4) is 0 Å². The van der Waals surface area contributed by atoms with Crippen molar-refractivity contribution in [2.24, 2.45) is 0 Å². The van der Waals surface area contributed by atoms with Crippen LogP contribution >= 0.6 is 0 Å². The number of nitrogens with one attached hydrogen (secondary N) is 2. The zero-order valence-electron chi connectivity index (χ0n) is 12.4. The Morgan fingerprint density at radius 1 is 1.00 bits per heavy atom. The van der Waals surface area contributed by atoms with Crippen LogP contribution in [0.15, 0.2) is 42.5 Å². The molecule has 0 aliphatic carbocycles. The van der Waals surface area contributed by atoms with Crippen LogP contribution in [-0.2, 0) is 4.79 Å². The van der Waals surface area contributed by atoms with Gasteiger partial charge < -0.3 is 10.6 Å². The van der Waals surface area contributed by atoms with Crippen LogP contribution in [0.2, 0.25) is 0 Å². The number of anilines is 2. The molecule has 2 rings (SSSR count). The second-order valence-electron chi connectivity index (χ2n) is 5.24. The molecule has 2 N–H and O–H groups in total. The molecular weight excluding hydrogens is 267 g/mol. The van der Waals surface area contributed by atoms with Crippen molar-refractivity contribution in [2.45, 2.75) is 26.8 Å². The number of hydrogen-bond acceptors (Lipinski definition) is 2. The lowest BCUT2D eigenvalue weighted by atomic mass is 10.1. The number of carbonyl (C=O) groups is 1. The predicted molar refractivity (Wildman–Crippen MR) is 84.0 cm³/mol. The number of amides is 1. The van der Waals surface area contributed by atoms with E-state index >= 15 is 0 Å². The summed E-state index contributed by atoms with van der Waals surface area (Å²) in [6.45, 7) is 5.82. The molecule has 21 heavy (non-hydrogen) atoms. The number of benzene rings is 2. The summed E-state index contributed by atoms with van der Waals surface area (Å²) in [5.41, 5.74) is 3.78. The van der Waals surface area contributed by atoms with Crippen molar-refractivity contribution >= 4 is 17.3 Å². The van der Waals surface area contributed by atoms with Crippen LogP contribution in [0, 0.1) is 19.7 Å². The van der Waals surface area contributed by atoms with Gasteiger partial charge in [-0.1, -0.05) is 6.07 Å². The average molecular weight is 286 g/mol. The van der Waals surface area contributed by atoms with Gasteiger partial charge in [-0.2, -0.15) is 0 Å². The fourth-order valence-corrected chi connectivity index (χ4v) is 2.16. The Kier molecular flexibility index (Phi) is 4.58. The van der Waals surface area contributed by atoms with Crippen LogP contribution in [-0.4, -0.2) is 11.9 Å². The Morgan fingerprint density at radius 3 is 2.14 bits per heavy atom. The molecule has 0 aliphatic heterocycles. The molecular formula is C17H19FN2O. The molecule has 110 valence electrons. The van der Waals surface area contributed by atoms with Gasteiger partial charge in [-0.25, -0.2) is 4.39 Å². The normalized spacial score (nSPS) is 11.8. The fourth-order valence-electron chi connectivity index (χ4n) is 2.16. The molecule has 0 unspecified atom stereocenters. The van der Waals surface area contributed by atoms with Gasteiger partial charge in [-0.3, -0.25) is 4.79 Å². The quantitative estimate of drug-likeness (QED) is 0.895. The summed E-state index contributed by atoms with van der Waals surface area (Å²) >= 11 is 0. The highest BCUT2D eigenvalue weighted by Gasteiger charge is 2.13. The first-order valence-corrected chi connectivity index (χ1v) is 6.85. The lowest BCUT2D eigenvalue weighted by Gasteiger charge is -2.16. The third kappa shape index (κ3) is 4.31. The van der Waals surface area contributed by atoms with Crippen LogP contribution in [0.25, 0.3) is 0 Å². The molecule has 2 aromatic rings. The molecule has 0 aromatic heterocycles. The monoisotopic (exact) mass is 286 g/mol. The molecule has 1 atom stereocenters. The minimum Gasteiger partial charge on any atom is -0.374 e. The van der Waals surface area contributed by atoms with Crippen LogP contribution in [0.1, 0.15) is 18.1 Å². The number of halogens is 1. The molecule has 0 saturated carbocycles. The smallest absolute Gasteiger partial charge is 0.246 e. The third-order valence-electron chi connectivity index (χ3n) is 3.11. The first kappa shape index (κ1) is 15.0. The number of carbonyl (C=O) groups excluding carboxylic acids is 1. The van der Waals surface area contributed by atoms with Gasteiger partial charge in [0, 0.05) is 11.4 Å². The highest BCUT2D eigenvalue weighted by Crippen LogP contribution is 2.15. The summed E-state index contributed by atoms with van der Waals surface area (Å²) in [6.07, 6.45) is 0. The molecule has 0 aliphatic rings. The van der Waals surface area contributed by atoms with Crippen LogP contribution < -0.4 is 10.6 Å². The molecule has 0 bridgehead atoms. The Labute approximate surface area is 124 Å². The van der Waals surface area contributed by atoms with Crippen LogP contribution in [0.5, 0.6) is 0 Å². The van der Waals surface area contributed by atoms with Crippen molar-refractivity contribution in [3.63, 3.8) is 0 Å². The predicted octanol–water partition coefficient (Wildman–Crippen LogP) is 3.88. The molecule has 4 heteroatoms. The first-order valence-electron chi connectivity index (χ1n) is 6.85. The van der Waals surface area contributed by atoms with E-state index in [0.29, 0.717) is 5.69 Å². The van der Waals surface area contributed by atoms with E-state index in [9.17, 15) is 9.18 Å². The Hall–Kier alpha value is -2.36. The van der Waals surface area contributed by atoms with Gasteiger partial charge in [0.2, 0.25) is 5.91 Å². The number of aryl methyl sites for hydroxylation is 2. The third-order valence-corrected chi connectivity index (χ3v) is 3.11. The molecule has 3 nitrogen and oxygen atoms in total. The fraction of sp³-hybridized carbons (Fsp3) is 0.235. The molecule has 0 heterocycles. The lowest BCUT2D eigenvalue weighted by molar-refractivity contribution is -0.116. The highest BCUT2D eigenvalue weighted by molar-refractivity contribution is 5.96. The first-order chi connectivity index (χ1) is 9.94. The topological polar surface area (TPSA) is 41.1 Å². The maximum Gasteiger partial charge on any atom is 0.246 e. The minimum absolute atomic E-state index is 0.166. The molecule has 0 saturated heterocycles. The zero-order chi connectivity index (χ0) is 15.4. The van der Waals surface area contributed by atoms with E-state index < -0.39 is 6.04 Å². The van der Waals surface area contributed by atoms with Crippen molar-refractivity contribution in [2.75, 3.05) is 10.6 Å². The van der Waals surface area contributed by atoms with E-state index in [4.69, 9.17) is 0 Å². The number of rotatable bonds is 4. The van der Waals surface area contributed by atoms with Gasteiger partial charge in [-0.15, -0.1) is 0 Å². The van der Waals surface area contributed by atoms with E-state index in [0.717, 1.165) is 16.8 Å². The van der Waals surface area contributed by atoms with Crippen LogP contribution in [0.4, 0.5) is 15.8 Å². The summed E-state index contributed by atoms with van der Waals surface area (Å²) in [4.78, 5) is 12.1. The summed E-state index contributed by atoms with van der Waals surface area (Å²) < 4.78 is 12.8. The summed E-state index contributed by atoms with van der Waals surface area (Å²) in [5, 5.41) is 5.92. The summed E-state index contributed by atoms with van der Waals surface area (Å²) in [5.74, 6) is -0.491. The van der Waals surface area contributed by atoms with E-state index in [1.54, 1.807) is 6.92 Å². The van der Waals surface area contributed by atoms with Gasteiger partial charge in [0.1, 0.15) is 11.9 Å². The molecule has 1 amide bonds. The second kappa shape index (κ2) is 6.39. The summed E-state index contributed by atoms with van der Waals surface area (Å²) in [6, 6.07) is 11.4. The lowest BCUT2D eigenvalue weighted by Crippen LogP contribution is -2.31. The van der Waals surface area contributed by atoms with Gasteiger partial charge in [0.15, 0.2) is 0 Å². The van der Waals surface area contributed by atoms with Crippen molar-refractivity contribution in [1.82, 2.24) is 0 Å². The van der Waals surface area contributed by atoms with Gasteiger partial charge in [-0.05, 0) is 68.3 Å². The minimum atomic E-state index is -0.392. The van der Waals surface area contributed by atoms with Gasteiger partial charge in [0.05, 0.1) is 0 Å². The largest absolute Gasteiger partial charge is 0.374 e. The molecule has 0 spiro atoms. The van der Waals surface area contributed by atoms with E-state index in [2.05, 4.69) is 16.7 Å². The Bertz CT molecular complexity index is 617. The van der Waals surface area contributed by atoms with Crippen LogP contribution in [0.3, 0.4) is 0 Å². The zero-order valence-corrected chi connectivity index (χ0v) is 12.4. The van der Waals surface area contributed by atoms with Gasteiger partial charge >= 0.3 is 0 Å². The molecule has 0 radical (unpaired) electrons. The van der Waals surface area contributed by atoms with E-state index in [1.807, 2.05) is 26.0 Å². The maximum atomic E-state index is 12.8. The standard InChI is InChI=1S/C17H19FN2O/c1-11-8-12(2)10-16(9-11)19-13(3)17(21)20-15-6-4-14(18)5-7-15/h4-10,13,19H,1-3H3,(H,20,21)/t13-/m1/s1. The maximum absolute atomic E-state index is 12.8. The molecule has 2 aromatic carbocycles. The van der Waals surface area contributed by atoms with E-state index in [-0.39, 0.29) is 11.7 Å². The van der Waals surface area contributed by atoms with Crippen molar-refractivity contribution in [1.29, 1.82) is 0 Å². The number of hydrogen-bond donors (Lipinski definition) is 2. The molecule has 0 fully saturated rings. The second-order valence-corrected chi connectivity index (χ2v) is 5.24. The van der Waals surface area contributed by atoms with Crippen molar-refractivity contribution in [3.05, 3.63) is 59.4 Å². The Morgan fingerprint density at radius 2 is 1.57 bits per heavy atom. The Balaban J connectivity index is 2.00. The SMILES string of the molecule is Cc1cc(C)cc(N[C@H](C)C(=O)Nc2ccc(F)cc2)c1. The van der Waals surface area contributed by atoms with Gasteiger partial charge in [0.25, 0.3) is 0 Å². The summed E-state index contributed by atoms with van der Waals surface area (Å²) in [7, 11) is 0. The highest BCUT2D eigenvalue weighted by atomic mass is 19.1. The van der Waals surface area contributed by atoms with Crippen molar-refractivity contribution < 1.29 is 9.18 Å². The van der Waals surface area contributed by atoms with E-state index in [1.165, 1.54) is 24.3 Å². The average Bonchev–Trinajstić information content (AvgIpc) is 2.40.